The van der Waals surface area contributed by atoms with Gasteiger partial charge in [-0.05, 0) is 78.7 Å². The largest absolute Gasteiger partial charge is 0.543 e. The van der Waals surface area contributed by atoms with Crippen molar-refractivity contribution in [2.75, 3.05) is 0 Å². The molecule has 2 aromatic rings. The van der Waals surface area contributed by atoms with E-state index < -0.39 is 16.6 Å². The van der Waals surface area contributed by atoms with Crippen LogP contribution in [0.1, 0.15) is 47.1 Å². The molecule has 0 aromatic heterocycles. The van der Waals surface area contributed by atoms with Crippen molar-refractivity contribution in [1.29, 1.82) is 0 Å². The van der Waals surface area contributed by atoms with Gasteiger partial charge in [-0.25, -0.2) is 0 Å². The summed E-state index contributed by atoms with van der Waals surface area (Å²) in [6, 6.07) is 13.6. The Hall–Kier alpha value is -1.44. The fourth-order valence-corrected chi connectivity index (χ4v) is 4.60. The van der Waals surface area contributed by atoms with E-state index in [1.165, 1.54) is 0 Å². The molecule has 0 aliphatic carbocycles. The van der Waals surface area contributed by atoms with E-state index in [0.29, 0.717) is 11.6 Å². The Morgan fingerprint density at radius 1 is 0.710 bits per heavy atom. The van der Waals surface area contributed by atoms with Crippen LogP contribution < -0.4 is 13.6 Å². The summed E-state index contributed by atoms with van der Waals surface area (Å²) in [6.45, 7) is 22.9. The summed E-state index contributed by atoms with van der Waals surface area (Å²) in [5.41, 5.74) is 0.996. The fraction of sp³-hybridized carbons (Fsp3) is 0.520. The van der Waals surface area contributed by atoms with Crippen LogP contribution in [0.25, 0.3) is 0 Å². The quantitative estimate of drug-likeness (QED) is 0.372. The molecule has 0 radical (unpaired) electrons. The topological polar surface area (TPSA) is 27.7 Å². The minimum atomic E-state index is -1.99. The van der Waals surface area contributed by atoms with Gasteiger partial charge in [0.05, 0.1) is 0 Å². The third-order valence-electron chi connectivity index (χ3n) is 6.59. The smallest absolute Gasteiger partial charge is 0.250 e. The third kappa shape index (κ3) is 6.77. The highest BCUT2D eigenvalue weighted by molar-refractivity contribution is 6.75. The maximum Gasteiger partial charge on any atom is 0.250 e. The lowest BCUT2D eigenvalue weighted by molar-refractivity contribution is 0.301. The first-order chi connectivity index (χ1) is 14.0. The molecule has 2 rings (SSSR count). The van der Waals surface area contributed by atoms with Crippen molar-refractivity contribution in [2.45, 2.75) is 84.4 Å². The van der Waals surface area contributed by atoms with Gasteiger partial charge in [0, 0.05) is 10.6 Å². The highest BCUT2D eigenvalue weighted by Gasteiger charge is 2.40. The summed E-state index contributed by atoms with van der Waals surface area (Å²) in [5, 5.41) is 0.931. The predicted molar refractivity (Wildman–Crippen MR) is 138 cm³/mol. The molecule has 2 aromatic carbocycles. The van der Waals surface area contributed by atoms with Crippen LogP contribution in [0.5, 0.6) is 17.2 Å². The molecule has 172 valence electrons. The zero-order chi connectivity index (χ0) is 23.7. The van der Waals surface area contributed by atoms with E-state index in [4.69, 9.17) is 25.2 Å². The second kappa shape index (κ2) is 9.20. The molecule has 0 aliphatic rings. The summed E-state index contributed by atoms with van der Waals surface area (Å²) in [4.78, 5) is 0. The monoisotopic (exact) mass is 478 g/mol. The highest BCUT2D eigenvalue weighted by Crippen LogP contribution is 2.41. The normalized spacial score (nSPS) is 13.1. The Morgan fingerprint density at radius 3 is 1.71 bits per heavy atom. The highest BCUT2D eigenvalue weighted by atomic mass is 35.5. The molecule has 3 nitrogen and oxygen atoms in total. The molecule has 31 heavy (non-hydrogen) atoms. The number of hydrogen-bond acceptors (Lipinski definition) is 3. The summed E-state index contributed by atoms with van der Waals surface area (Å²) < 4.78 is 19.3. The lowest BCUT2D eigenvalue weighted by Gasteiger charge is -2.38. The van der Waals surface area contributed by atoms with E-state index in [1.54, 1.807) is 0 Å². The van der Waals surface area contributed by atoms with Gasteiger partial charge in [0.2, 0.25) is 16.6 Å². The Kier molecular flexibility index (Phi) is 7.66. The molecule has 0 unspecified atom stereocenters. The number of benzene rings is 2. The van der Waals surface area contributed by atoms with Crippen molar-refractivity contribution in [2.24, 2.45) is 0 Å². The molecular formula is C25H39ClO3Si2. The average Bonchev–Trinajstić information content (AvgIpc) is 2.60. The summed E-state index contributed by atoms with van der Waals surface area (Å²) >= 11 is 6.00. The van der Waals surface area contributed by atoms with Gasteiger partial charge >= 0.3 is 0 Å². The number of halogens is 1. The molecule has 6 heteroatoms. The molecule has 0 spiro atoms. The second-order valence-corrected chi connectivity index (χ2v) is 21.1. The number of rotatable bonds is 7. The third-order valence-corrected chi connectivity index (χ3v) is 15.5. The first kappa shape index (κ1) is 25.8. The zero-order valence-electron chi connectivity index (χ0n) is 20.9. The molecule has 0 fully saturated rings. The van der Waals surface area contributed by atoms with E-state index in [2.05, 4.69) is 73.8 Å². The summed E-state index contributed by atoms with van der Waals surface area (Å²) in [7, 11) is -3.94. The van der Waals surface area contributed by atoms with Gasteiger partial charge in [0.15, 0.2) is 0 Å². The minimum absolute atomic E-state index is 0.109. The SMILES string of the molecule is CC(C)(C)[Si](C)(C)Oc1ccc(O[Si](C)(C)C(C)(C)C)c(COc2ccc(Cl)cc2)c1. The maximum atomic E-state index is 6.65. The average molecular weight is 479 g/mol. The summed E-state index contributed by atoms with van der Waals surface area (Å²) in [6.07, 6.45) is 0. The van der Waals surface area contributed by atoms with Crippen LogP contribution in [-0.4, -0.2) is 16.6 Å². The van der Waals surface area contributed by atoms with Crippen molar-refractivity contribution >= 4 is 28.2 Å². The lowest BCUT2D eigenvalue weighted by atomic mass is 10.2. The van der Waals surface area contributed by atoms with Crippen molar-refractivity contribution < 1.29 is 13.6 Å². The van der Waals surface area contributed by atoms with Crippen molar-refractivity contribution in [3.8, 4) is 17.2 Å². The second-order valence-electron chi connectivity index (χ2n) is 11.2. The maximum absolute atomic E-state index is 6.65. The van der Waals surface area contributed by atoms with E-state index >= 15 is 0 Å². The van der Waals surface area contributed by atoms with E-state index in [1.807, 2.05) is 36.4 Å². The Bertz CT molecular complexity index is 879. The number of hydrogen-bond donors (Lipinski definition) is 0. The molecule has 0 bridgehead atoms. The van der Waals surface area contributed by atoms with Crippen LogP contribution in [0.2, 0.25) is 41.3 Å². The first-order valence-corrected chi connectivity index (χ1v) is 17.1. The molecule has 0 aliphatic heterocycles. The van der Waals surface area contributed by atoms with Gasteiger partial charge in [0.25, 0.3) is 0 Å². The molecule has 0 amide bonds. The molecular weight excluding hydrogens is 440 g/mol. The fourth-order valence-electron chi connectivity index (χ4n) is 2.40. The molecule has 0 saturated heterocycles. The Balaban J connectivity index is 2.36. The van der Waals surface area contributed by atoms with Crippen LogP contribution in [0.15, 0.2) is 42.5 Å². The van der Waals surface area contributed by atoms with Gasteiger partial charge < -0.3 is 13.6 Å². The van der Waals surface area contributed by atoms with Gasteiger partial charge in [0.1, 0.15) is 23.9 Å². The molecule has 0 N–H and O–H groups in total. The standard InChI is InChI=1S/C25H39ClO3Si2/c1-24(2,3)30(7,8)28-22-15-16-23(29-31(9,10)25(4,5)6)19(17-22)18-27-21-13-11-20(26)12-14-21/h11-17H,18H2,1-10H3. The van der Waals surface area contributed by atoms with Crippen LogP contribution >= 0.6 is 11.6 Å². The Morgan fingerprint density at radius 2 is 1.19 bits per heavy atom. The molecule has 0 atom stereocenters. The molecule has 0 heterocycles. The zero-order valence-corrected chi connectivity index (χ0v) is 23.6. The lowest BCUT2D eigenvalue weighted by Crippen LogP contribution is -2.44. The van der Waals surface area contributed by atoms with Crippen LogP contribution in [0.4, 0.5) is 0 Å². The van der Waals surface area contributed by atoms with Crippen molar-refractivity contribution in [1.82, 2.24) is 0 Å². The van der Waals surface area contributed by atoms with E-state index in [9.17, 15) is 0 Å². The first-order valence-electron chi connectivity index (χ1n) is 10.9. The van der Waals surface area contributed by atoms with Gasteiger partial charge in [-0.1, -0.05) is 53.1 Å². The van der Waals surface area contributed by atoms with Crippen LogP contribution in [-0.2, 0) is 6.61 Å². The van der Waals surface area contributed by atoms with Gasteiger partial charge in [-0.3, -0.25) is 0 Å². The Labute approximate surface area is 196 Å². The van der Waals surface area contributed by atoms with Crippen molar-refractivity contribution in [3.63, 3.8) is 0 Å². The van der Waals surface area contributed by atoms with Crippen LogP contribution in [0.3, 0.4) is 0 Å². The summed E-state index contributed by atoms with van der Waals surface area (Å²) in [5.74, 6) is 2.53. The minimum Gasteiger partial charge on any atom is -0.543 e. The van der Waals surface area contributed by atoms with Gasteiger partial charge in [-0.2, -0.15) is 0 Å². The predicted octanol–water partition coefficient (Wildman–Crippen LogP) is 8.69. The van der Waals surface area contributed by atoms with E-state index in [-0.39, 0.29) is 10.1 Å². The van der Waals surface area contributed by atoms with Crippen molar-refractivity contribution in [3.05, 3.63) is 53.1 Å². The van der Waals surface area contributed by atoms with Gasteiger partial charge in [-0.15, -0.1) is 0 Å². The molecule has 0 saturated carbocycles. The van der Waals surface area contributed by atoms with E-state index in [0.717, 1.165) is 22.8 Å². The number of ether oxygens (including phenoxy) is 1. The van der Waals surface area contributed by atoms with Crippen LogP contribution in [0, 0.1) is 0 Å².